The molecule has 1 aromatic rings. The Balaban J connectivity index is 1.74. The predicted molar refractivity (Wildman–Crippen MR) is 79.3 cm³/mol. The number of carboxylic acid groups (broad SMARTS) is 1. The molecule has 112 valence electrons. The summed E-state index contributed by atoms with van der Waals surface area (Å²) < 4.78 is 0. The molecule has 1 saturated carbocycles. The predicted octanol–water partition coefficient (Wildman–Crippen LogP) is 1.51. The van der Waals surface area contributed by atoms with Crippen molar-refractivity contribution < 1.29 is 14.7 Å². The lowest BCUT2D eigenvalue weighted by Crippen LogP contribution is -2.45. The van der Waals surface area contributed by atoms with Gasteiger partial charge in [-0.25, -0.2) is 0 Å². The number of carbonyl (C=O) groups is 2. The molecular formula is C16H20N2O3. The number of nitrogens with zero attached hydrogens (tertiary/aromatic N) is 2. The molecule has 1 N–H and O–H groups in total. The number of anilines is 1. The molecule has 1 aliphatic carbocycles. The number of carboxylic acids is 1. The first-order chi connectivity index (χ1) is 10.1. The third-order valence-electron chi connectivity index (χ3n) is 4.22. The van der Waals surface area contributed by atoms with Gasteiger partial charge in [-0.15, -0.1) is 0 Å². The fourth-order valence-electron chi connectivity index (χ4n) is 3.12. The van der Waals surface area contributed by atoms with Gasteiger partial charge in [0.15, 0.2) is 0 Å². The van der Waals surface area contributed by atoms with Crippen molar-refractivity contribution in [3.8, 4) is 0 Å². The van der Waals surface area contributed by atoms with Crippen LogP contribution in [0.25, 0.3) is 0 Å². The van der Waals surface area contributed by atoms with Crippen LogP contribution in [0.5, 0.6) is 0 Å². The van der Waals surface area contributed by atoms with E-state index in [0.717, 1.165) is 24.9 Å². The van der Waals surface area contributed by atoms with Gasteiger partial charge in [0.2, 0.25) is 5.91 Å². The topological polar surface area (TPSA) is 60.9 Å². The molecule has 1 atom stereocenters. The highest BCUT2D eigenvalue weighted by molar-refractivity contribution is 5.97. The zero-order valence-electron chi connectivity index (χ0n) is 12.2. The molecule has 1 aliphatic heterocycles. The maximum atomic E-state index is 12.6. The Morgan fingerprint density at radius 1 is 1.29 bits per heavy atom. The number of amides is 1. The summed E-state index contributed by atoms with van der Waals surface area (Å²) in [4.78, 5) is 27.2. The average molecular weight is 288 g/mol. The molecule has 1 unspecified atom stereocenters. The lowest BCUT2D eigenvalue weighted by atomic mass is 10.1. The minimum atomic E-state index is -0.871. The number of carbonyl (C=O) groups excluding carboxylic acids is 1. The van der Waals surface area contributed by atoms with Crippen LogP contribution < -0.4 is 4.90 Å². The largest absolute Gasteiger partial charge is 0.480 e. The van der Waals surface area contributed by atoms with Gasteiger partial charge in [-0.2, -0.15) is 0 Å². The Morgan fingerprint density at radius 2 is 2.00 bits per heavy atom. The summed E-state index contributed by atoms with van der Waals surface area (Å²) in [7, 11) is 0. The van der Waals surface area contributed by atoms with Crippen LogP contribution in [0, 0.1) is 0 Å². The molecule has 1 fully saturated rings. The number of hydrogen-bond donors (Lipinski definition) is 1. The molecule has 1 aromatic carbocycles. The molecule has 0 saturated heterocycles. The first kappa shape index (κ1) is 14.1. The summed E-state index contributed by atoms with van der Waals surface area (Å²) in [5.74, 6) is -0.870. The van der Waals surface area contributed by atoms with Crippen molar-refractivity contribution in [1.82, 2.24) is 4.90 Å². The van der Waals surface area contributed by atoms with Gasteiger partial charge in [0.1, 0.15) is 0 Å². The molecule has 3 rings (SSSR count). The average Bonchev–Trinajstić information content (AvgIpc) is 3.19. The van der Waals surface area contributed by atoms with E-state index in [1.807, 2.05) is 30.0 Å². The third kappa shape index (κ3) is 2.93. The van der Waals surface area contributed by atoms with E-state index in [1.54, 1.807) is 4.90 Å². The Kier molecular flexibility index (Phi) is 3.68. The molecule has 5 nitrogen and oxygen atoms in total. The van der Waals surface area contributed by atoms with Crippen molar-refractivity contribution in [2.75, 3.05) is 18.0 Å². The first-order valence-corrected chi connectivity index (χ1v) is 7.42. The Labute approximate surface area is 124 Å². The second-order valence-electron chi connectivity index (χ2n) is 5.98. The lowest BCUT2D eigenvalue weighted by Gasteiger charge is -2.27. The normalized spacial score (nSPS) is 20.7. The summed E-state index contributed by atoms with van der Waals surface area (Å²) in [6.45, 7) is 2.17. The van der Waals surface area contributed by atoms with Gasteiger partial charge in [-0.3, -0.25) is 14.5 Å². The molecule has 5 heteroatoms. The minimum Gasteiger partial charge on any atom is -0.480 e. The molecule has 0 spiro atoms. The van der Waals surface area contributed by atoms with E-state index in [9.17, 15) is 9.59 Å². The quantitative estimate of drug-likeness (QED) is 0.892. The standard InChI is InChI=1S/C16H20N2O3/c1-11-8-12-4-2-3-5-14(12)18(11)15(19)9-17(10-16(20)21)13-6-7-13/h2-5,11,13H,6-10H2,1H3,(H,20,21). The summed E-state index contributed by atoms with van der Waals surface area (Å²) in [6, 6.07) is 8.34. The number of rotatable bonds is 5. The van der Waals surface area contributed by atoms with Crippen molar-refractivity contribution >= 4 is 17.6 Å². The van der Waals surface area contributed by atoms with E-state index in [-0.39, 0.29) is 31.1 Å². The van der Waals surface area contributed by atoms with Gasteiger partial charge in [0.05, 0.1) is 13.1 Å². The molecule has 0 aromatic heterocycles. The monoisotopic (exact) mass is 288 g/mol. The molecule has 0 radical (unpaired) electrons. The van der Waals surface area contributed by atoms with Gasteiger partial charge < -0.3 is 10.0 Å². The van der Waals surface area contributed by atoms with Crippen LogP contribution in [0.1, 0.15) is 25.3 Å². The van der Waals surface area contributed by atoms with E-state index in [1.165, 1.54) is 5.56 Å². The van der Waals surface area contributed by atoms with Crippen LogP contribution in [0.3, 0.4) is 0 Å². The smallest absolute Gasteiger partial charge is 0.317 e. The summed E-state index contributed by atoms with van der Waals surface area (Å²) in [5.41, 5.74) is 2.16. The highest BCUT2D eigenvalue weighted by Gasteiger charge is 2.35. The lowest BCUT2D eigenvalue weighted by molar-refractivity contribution is -0.138. The number of hydrogen-bond acceptors (Lipinski definition) is 3. The third-order valence-corrected chi connectivity index (χ3v) is 4.22. The van der Waals surface area contributed by atoms with Crippen molar-refractivity contribution in [1.29, 1.82) is 0 Å². The van der Waals surface area contributed by atoms with E-state index < -0.39 is 5.97 Å². The van der Waals surface area contributed by atoms with E-state index >= 15 is 0 Å². The van der Waals surface area contributed by atoms with Crippen molar-refractivity contribution in [2.45, 2.75) is 38.3 Å². The van der Waals surface area contributed by atoms with Crippen LogP contribution >= 0.6 is 0 Å². The van der Waals surface area contributed by atoms with Gasteiger partial charge in [-0.1, -0.05) is 18.2 Å². The molecular weight excluding hydrogens is 268 g/mol. The summed E-state index contributed by atoms with van der Waals surface area (Å²) in [6.07, 6.45) is 2.85. The zero-order chi connectivity index (χ0) is 15.0. The Morgan fingerprint density at radius 3 is 2.67 bits per heavy atom. The van der Waals surface area contributed by atoms with Crippen LogP contribution in [0.15, 0.2) is 24.3 Å². The van der Waals surface area contributed by atoms with Crippen molar-refractivity contribution in [3.63, 3.8) is 0 Å². The summed E-state index contributed by atoms with van der Waals surface area (Å²) in [5, 5.41) is 8.98. The fourth-order valence-corrected chi connectivity index (χ4v) is 3.12. The van der Waals surface area contributed by atoms with Crippen LogP contribution in [-0.2, 0) is 16.0 Å². The van der Waals surface area contributed by atoms with Crippen molar-refractivity contribution in [2.24, 2.45) is 0 Å². The van der Waals surface area contributed by atoms with E-state index in [0.29, 0.717) is 0 Å². The minimum absolute atomic E-state index is 0.000556. The van der Waals surface area contributed by atoms with E-state index in [4.69, 9.17) is 5.11 Å². The maximum Gasteiger partial charge on any atom is 0.317 e. The second kappa shape index (κ2) is 5.48. The number of para-hydroxylation sites is 1. The fraction of sp³-hybridized carbons (Fsp3) is 0.500. The highest BCUT2D eigenvalue weighted by Crippen LogP contribution is 2.33. The molecule has 21 heavy (non-hydrogen) atoms. The number of fused-ring (bicyclic) bond motifs is 1. The zero-order valence-corrected chi connectivity index (χ0v) is 12.2. The Hall–Kier alpha value is -1.88. The molecule has 2 aliphatic rings. The maximum absolute atomic E-state index is 12.6. The first-order valence-electron chi connectivity index (χ1n) is 7.42. The van der Waals surface area contributed by atoms with E-state index in [2.05, 4.69) is 6.07 Å². The van der Waals surface area contributed by atoms with Crippen LogP contribution in [0.2, 0.25) is 0 Å². The highest BCUT2D eigenvalue weighted by atomic mass is 16.4. The Bertz CT molecular complexity index is 568. The van der Waals surface area contributed by atoms with Gasteiger partial charge in [0.25, 0.3) is 0 Å². The van der Waals surface area contributed by atoms with Gasteiger partial charge in [0, 0.05) is 17.8 Å². The van der Waals surface area contributed by atoms with Crippen molar-refractivity contribution in [3.05, 3.63) is 29.8 Å². The van der Waals surface area contributed by atoms with Gasteiger partial charge in [-0.05, 0) is 37.8 Å². The van der Waals surface area contributed by atoms with Crippen LogP contribution in [-0.4, -0.2) is 47.1 Å². The molecule has 1 heterocycles. The SMILES string of the molecule is CC1Cc2ccccc2N1C(=O)CN(CC(=O)O)C1CC1. The molecule has 0 bridgehead atoms. The number of aliphatic carboxylic acids is 1. The van der Waals surface area contributed by atoms with Crippen LogP contribution in [0.4, 0.5) is 5.69 Å². The summed E-state index contributed by atoms with van der Waals surface area (Å²) >= 11 is 0. The van der Waals surface area contributed by atoms with Gasteiger partial charge >= 0.3 is 5.97 Å². The number of benzene rings is 1. The second-order valence-corrected chi connectivity index (χ2v) is 5.98. The molecule has 1 amide bonds.